The summed E-state index contributed by atoms with van der Waals surface area (Å²) in [4.78, 5) is 28.2. The van der Waals surface area contributed by atoms with Gasteiger partial charge in [-0.3, -0.25) is 9.59 Å². The maximum Gasteiger partial charge on any atom is 0.247 e. The SMILES string of the molecule is C=CCCC(=O)N(CCc1cccc(OC)c1)[C@@H]1CC(C(=O)NCCO)=C[C@H](Oc2c(I)cc(CO)cc2OC)[C@H]1O. The number of hydrogen-bond donors (Lipinski definition) is 4. The summed E-state index contributed by atoms with van der Waals surface area (Å²) >= 11 is 2.06. The van der Waals surface area contributed by atoms with Crippen molar-refractivity contribution in [2.45, 2.75) is 50.5 Å². The van der Waals surface area contributed by atoms with Crippen molar-refractivity contribution < 1.29 is 39.1 Å². The number of carbonyl (C=O) groups is 2. The summed E-state index contributed by atoms with van der Waals surface area (Å²) in [6, 6.07) is 10.2. The number of aliphatic hydroxyl groups excluding tert-OH is 3. The molecule has 0 aliphatic heterocycles. The van der Waals surface area contributed by atoms with Crippen LogP contribution in [-0.4, -0.2) is 84.2 Å². The Morgan fingerprint density at radius 2 is 1.95 bits per heavy atom. The van der Waals surface area contributed by atoms with Crippen molar-refractivity contribution in [3.63, 3.8) is 0 Å². The number of aliphatic hydroxyl groups is 3. The van der Waals surface area contributed by atoms with Gasteiger partial charge in [-0.2, -0.15) is 0 Å². The van der Waals surface area contributed by atoms with E-state index >= 15 is 0 Å². The van der Waals surface area contributed by atoms with E-state index in [2.05, 4.69) is 34.5 Å². The number of allylic oxidation sites excluding steroid dienone is 1. The summed E-state index contributed by atoms with van der Waals surface area (Å²) in [5.74, 6) is 0.795. The van der Waals surface area contributed by atoms with Gasteiger partial charge in [0.2, 0.25) is 11.8 Å². The van der Waals surface area contributed by atoms with Gasteiger partial charge in [0.05, 0.1) is 37.0 Å². The molecule has 0 spiro atoms. The van der Waals surface area contributed by atoms with E-state index in [0.29, 0.717) is 44.8 Å². The molecule has 10 nitrogen and oxygen atoms in total. The fraction of sp³-hybridized carbons (Fsp3) is 0.419. The van der Waals surface area contributed by atoms with Crippen LogP contribution in [0.5, 0.6) is 17.2 Å². The number of methoxy groups -OCH3 is 2. The third-order valence-corrected chi connectivity index (χ3v) is 7.80. The van der Waals surface area contributed by atoms with Gasteiger partial charge in [-0.1, -0.05) is 18.2 Å². The second kappa shape index (κ2) is 16.5. The Bertz CT molecular complexity index is 1270. The summed E-state index contributed by atoms with van der Waals surface area (Å²) < 4.78 is 17.8. The zero-order chi connectivity index (χ0) is 30.6. The molecule has 0 unspecified atom stereocenters. The van der Waals surface area contributed by atoms with Gasteiger partial charge < -0.3 is 39.7 Å². The number of halogens is 1. The van der Waals surface area contributed by atoms with Crippen molar-refractivity contribution in [1.29, 1.82) is 0 Å². The van der Waals surface area contributed by atoms with E-state index in [9.17, 15) is 24.9 Å². The molecule has 0 bridgehead atoms. The Balaban J connectivity index is 1.99. The number of rotatable bonds is 15. The van der Waals surface area contributed by atoms with E-state index in [1.807, 2.05) is 24.3 Å². The highest BCUT2D eigenvalue weighted by Crippen LogP contribution is 2.37. The zero-order valence-electron chi connectivity index (χ0n) is 23.9. The van der Waals surface area contributed by atoms with E-state index in [1.54, 1.807) is 36.3 Å². The van der Waals surface area contributed by atoms with Crippen LogP contribution in [-0.2, 0) is 22.6 Å². The first-order chi connectivity index (χ1) is 20.3. The molecule has 228 valence electrons. The molecule has 2 aromatic rings. The normalized spacial score (nSPS) is 18.0. The second-order valence-corrected chi connectivity index (χ2v) is 11.0. The first-order valence-corrected chi connectivity index (χ1v) is 14.8. The minimum Gasteiger partial charge on any atom is -0.497 e. The molecule has 3 atom stereocenters. The van der Waals surface area contributed by atoms with Gasteiger partial charge in [-0.15, -0.1) is 6.58 Å². The molecule has 0 aromatic heterocycles. The van der Waals surface area contributed by atoms with Crippen LogP contribution >= 0.6 is 22.6 Å². The van der Waals surface area contributed by atoms with Gasteiger partial charge in [0, 0.05) is 31.5 Å². The third kappa shape index (κ3) is 8.69. The lowest BCUT2D eigenvalue weighted by atomic mass is 9.87. The highest BCUT2D eigenvalue weighted by atomic mass is 127. The number of hydrogen-bond acceptors (Lipinski definition) is 8. The predicted octanol–water partition coefficient (Wildman–Crippen LogP) is 2.75. The van der Waals surface area contributed by atoms with Crippen molar-refractivity contribution in [2.75, 3.05) is 33.9 Å². The molecule has 3 rings (SSSR count). The Morgan fingerprint density at radius 1 is 1.17 bits per heavy atom. The predicted molar refractivity (Wildman–Crippen MR) is 166 cm³/mol. The van der Waals surface area contributed by atoms with Crippen LogP contribution in [0.25, 0.3) is 0 Å². The first kappa shape index (κ1) is 33.4. The standard InChI is InChI=1S/C31H39IN2O8/c1-4-5-9-28(37)34(12-10-20-7-6-8-23(14-20)40-2)25-17-22(31(39)33-11-13-35)18-26(29(25)38)42-30-24(32)15-21(19-36)16-27(30)41-3/h4,6-8,14-16,18,25-26,29,35-36,38H,1,5,9-13,17,19H2,2-3H3,(H,33,39)/t25-,26+,29+/m1/s1. The van der Waals surface area contributed by atoms with Gasteiger partial charge in [-0.05, 0) is 76.9 Å². The molecular formula is C31H39IN2O8. The fourth-order valence-corrected chi connectivity index (χ4v) is 5.61. The number of carbonyl (C=O) groups excluding carboxylic acids is 2. The third-order valence-electron chi connectivity index (χ3n) is 7.00. The number of nitrogens with zero attached hydrogens (tertiary/aromatic N) is 1. The lowest BCUT2D eigenvalue weighted by molar-refractivity contribution is -0.138. The fourth-order valence-electron chi connectivity index (χ4n) is 4.82. The van der Waals surface area contributed by atoms with Crippen molar-refractivity contribution in [1.82, 2.24) is 10.2 Å². The van der Waals surface area contributed by atoms with E-state index in [4.69, 9.17) is 14.2 Å². The van der Waals surface area contributed by atoms with Crippen molar-refractivity contribution in [3.8, 4) is 17.2 Å². The maximum absolute atomic E-state index is 13.5. The van der Waals surface area contributed by atoms with Crippen molar-refractivity contribution in [3.05, 3.63) is 75.4 Å². The minimum absolute atomic E-state index is 0.0566. The molecule has 1 aliphatic rings. The van der Waals surface area contributed by atoms with Crippen LogP contribution in [0.3, 0.4) is 0 Å². The highest BCUT2D eigenvalue weighted by Gasteiger charge is 2.40. The van der Waals surface area contributed by atoms with Gasteiger partial charge in [0.25, 0.3) is 0 Å². The lowest BCUT2D eigenvalue weighted by Gasteiger charge is -2.41. The molecule has 2 amide bonds. The van der Waals surface area contributed by atoms with Crippen LogP contribution in [0.2, 0.25) is 0 Å². The van der Waals surface area contributed by atoms with Gasteiger partial charge in [0.15, 0.2) is 11.5 Å². The van der Waals surface area contributed by atoms with Crippen molar-refractivity contribution >= 4 is 34.4 Å². The molecule has 0 saturated heterocycles. The minimum atomic E-state index is -1.18. The molecular weight excluding hydrogens is 655 g/mol. The van der Waals surface area contributed by atoms with E-state index in [-0.39, 0.29) is 45.1 Å². The molecule has 1 aliphatic carbocycles. The molecule has 0 saturated carbocycles. The van der Waals surface area contributed by atoms with Crippen LogP contribution in [0, 0.1) is 3.57 Å². The number of nitrogens with one attached hydrogen (secondary N) is 1. The van der Waals surface area contributed by atoms with Crippen molar-refractivity contribution in [2.24, 2.45) is 0 Å². The molecule has 11 heteroatoms. The summed E-state index contributed by atoms with van der Waals surface area (Å²) in [7, 11) is 3.06. The van der Waals surface area contributed by atoms with Gasteiger partial charge >= 0.3 is 0 Å². The van der Waals surface area contributed by atoms with Crippen LogP contribution in [0.15, 0.2) is 60.7 Å². The molecule has 0 fully saturated rings. The summed E-state index contributed by atoms with van der Waals surface area (Å²) in [6.45, 7) is 3.65. The van der Waals surface area contributed by atoms with Gasteiger partial charge in [0.1, 0.15) is 18.0 Å². The Labute approximate surface area is 260 Å². The smallest absolute Gasteiger partial charge is 0.247 e. The second-order valence-electron chi connectivity index (χ2n) is 9.80. The molecule has 42 heavy (non-hydrogen) atoms. The van der Waals surface area contributed by atoms with Crippen LogP contribution in [0.4, 0.5) is 0 Å². The average molecular weight is 695 g/mol. The Morgan fingerprint density at radius 3 is 2.62 bits per heavy atom. The molecule has 0 heterocycles. The topological polar surface area (TPSA) is 138 Å². The molecule has 4 N–H and O–H groups in total. The lowest BCUT2D eigenvalue weighted by Crippen LogP contribution is -2.55. The largest absolute Gasteiger partial charge is 0.497 e. The van der Waals surface area contributed by atoms with Crippen LogP contribution in [0.1, 0.15) is 30.4 Å². The van der Waals surface area contributed by atoms with Gasteiger partial charge in [-0.25, -0.2) is 0 Å². The summed E-state index contributed by atoms with van der Waals surface area (Å²) in [5, 5.41) is 33.2. The average Bonchev–Trinajstić information content (AvgIpc) is 3.00. The van der Waals surface area contributed by atoms with Crippen LogP contribution < -0.4 is 19.5 Å². The molecule has 0 radical (unpaired) electrons. The summed E-state index contributed by atoms with van der Waals surface area (Å²) in [5.41, 5.74) is 1.91. The number of amides is 2. The monoisotopic (exact) mass is 694 g/mol. The van der Waals surface area contributed by atoms with E-state index in [0.717, 1.165) is 5.56 Å². The summed E-state index contributed by atoms with van der Waals surface area (Å²) in [6.07, 6.45) is 2.27. The van der Waals surface area contributed by atoms with E-state index in [1.165, 1.54) is 7.11 Å². The number of ether oxygens (including phenoxy) is 3. The highest BCUT2D eigenvalue weighted by molar-refractivity contribution is 14.1. The van der Waals surface area contributed by atoms with E-state index < -0.39 is 24.2 Å². The molecule has 2 aromatic carbocycles. The first-order valence-electron chi connectivity index (χ1n) is 13.7. The zero-order valence-corrected chi connectivity index (χ0v) is 26.1. The Hall–Kier alpha value is -3.13. The maximum atomic E-state index is 13.5. The quantitative estimate of drug-likeness (QED) is 0.165. The Kier molecular flexibility index (Phi) is 13.1. The number of benzene rings is 2.